The van der Waals surface area contributed by atoms with Gasteiger partial charge in [0.2, 0.25) is 5.91 Å². The molecular weight excluding hydrogens is 1050 g/mol. The van der Waals surface area contributed by atoms with E-state index in [1.165, 1.54) is 225 Å². The molecule has 0 radical (unpaired) electrons. The van der Waals surface area contributed by atoms with Gasteiger partial charge in [0.25, 0.3) is 0 Å². The van der Waals surface area contributed by atoms with Crippen molar-refractivity contribution < 1.29 is 37.3 Å². The van der Waals surface area contributed by atoms with Crippen LogP contribution in [0.3, 0.4) is 0 Å². The van der Waals surface area contributed by atoms with Gasteiger partial charge in [-0.2, -0.15) is 0 Å². The van der Waals surface area contributed by atoms with E-state index in [4.69, 9.17) is 13.8 Å². The fraction of sp³-hybridized carbons (Fsp3) is 0.808. The van der Waals surface area contributed by atoms with E-state index in [2.05, 4.69) is 86.8 Å². The van der Waals surface area contributed by atoms with Crippen LogP contribution in [0.15, 0.2) is 72.9 Å². The molecule has 0 saturated carbocycles. The van der Waals surface area contributed by atoms with Crippen molar-refractivity contribution in [2.45, 2.75) is 341 Å². The molecule has 0 aliphatic heterocycles. The lowest BCUT2D eigenvalue weighted by atomic mass is 10.0. The zero-order valence-corrected chi connectivity index (χ0v) is 56.3. The van der Waals surface area contributed by atoms with E-state index in [1.807, 2.05) is 33.3 Å². The summed E-state index contributed by atoms with van der Waals surface area (Å²) in [6, 6.07) is -0.872. The molecule has 0 aliphatic rings. The monoisotopic (exact) mass is 1180 g/mol. The lowest BCUT2D eigenvalue weighted by Crippen LogP contribution is -2.47. The number of rotatable bonds is 64. The van der Waals surface area contributed by atoms with Crippen LogP contribution < -0.4 is 5.32 Å². The highest BCUT2D eigenvalue weighted by Gasteiger charge is 2.30. The third-order valence-electron chi connectivity index (χ3n) is 15.6. The molecule has 3 unspecified atom stereocenters. The molecule has 10 heteroatoms. The fourth-order valence-corrected chi connectivity index (χ4v) is 10.9. The Hall–Kier alpha value is -2.55. The van der Waals surface area contributed by atoms with Crippen LogP contribution >= 0.6 is 7.82 Å². The number of hydrogen-bond donors (Lipinski definition) is 2. The maximum absolute atomic E-state index is 13.6. The van der Waals surface area contributed by atoms with Crippen LogP contribution in [-0.4, -0.2) is 74.3 Å². The van der Waals surface area contributed by atoms with Crippen LogP contribution in [0.4, 0.5) is 0 Å². The smallest absolute Gasteiger partial charge is 0.456 e. The van der Waals surface area contributed by atoms with Gasteiger partial charge in [-0.1, -0.05) is 293 Å². The Kier molecular flexibility index (Phi) is 60.6. The van der Waals surface area contributed by atoms with Gasteiger partial charge in [0, 0.05) is 12.8 Å². The number of nitrogens with one attached hydrogen (secondary N) is 1. The first-order valence-electron chi connectivity index (χ1n) is 35.3. The lowest BCUT2D eigenvalue weighted by Gasteiger charge is -2.27. The number of ether oxygens (including phenoxy) is 1. The van der Waals surface area contributed by atoms with Crippen molar-refractivity contribution in [2.24, 2.45) is 0 Å². The largest absolute Gasteiger partial charge is 0.472 e. The SMILES string of the molecule is CCCCC/C=C\C/C=C\C/C=C\C/C=C\CCCC(=O)OC(/C=C\CCCCCCCCCCCCC)C(COP(=O)(O)OCC[N+](C)(C)C)NC(=O)CCCCCCCCCCCCCCCCCCC/C=C/CCCCCCCC. The second kappa shape index (κ2) is 62.5. The normalized spacial score (nSPS) is 14.0. The first-order valence-corrected chi connectivity index (χ1v) is 36.8. The average molecular weight is 1180 g/mol. The first kappa shape index (κ1) is 80.5. The zero-order chi connectivity index (χ0) is 60.7. The Labute approximate surface area is 514 Å². The number of phosphoric ester groups is 1. The number of likely N-dealkylation sites (N-methyl/N-ethyl adjacent to an activating group) is 1. The van der Waals surface area contributed by atoms with E-state index < -0.39 is 20.0 Å². The molecule has 0 aromatic carbocycles. The van der Waals surface area contributed by atoms with Crippen LogP contribution in [0.5, 0.6) is 0 Å². The minimum Gasteiger partial charge on any atom is -0.456 e. The van der Waals surface area contributed by atoms with Gasteiger partial charge in [-0.15, -0.1) is 0 Å². The molecule has 3 atom stereocenters. The number of phosphoric acid groups is 1. The summed E-state index contributed by atoms with van der Waals surface area (Å²) in [5.41, 5.74) is 0. The number of unbranched alkanes of at least 4 members (excludes halogenated alkanes) is 38. The molecule has 0 aromatic rings. The molecular formula is C73H136N2O7P+. The minimum absolute atomic E-state index is 0.0312. The number of amides is 1. The molecule has 0 rings (SSSR count). The first-order chi connectivity index (χ1) is 40.4. The summed E-state index contributed by atoms with van der Waals surface area (Å²) in [6.45, 7) is 6.98. The van der Waals surface area contributed by atoms with Crippen LogP contribution in [0.2, 0.25) is 0 Å². The maximum atomic E-state index is 13.6. The van der Waals surface area contributed by atoms with Gasteiger partial charge in [-0.05, 0) is 96.0 Å². The van der Waals surface area contributed by atoms with Crippen LogP contribution in [0.1, 0.15) is 329 Å². The van der Waals surface area contributed by atoms with E-state index in [1.54, 1.807) is 0 Å². The minimum atomic E-state index is -4.47. The quantitative estimate of drug-likeness (QED) is 0.0205. The number of hydrogen-bond acceptors (Lipinski definition) is 6. The van der Waals surface area contributed by atoms with Crippen molar-refractivity contribution in [3.63, 3.8) is 0 Å². The van der Waals surface area contributed by atoms with Gasteiger partial charge >= 0.3 is 13.8 Å². The summed E-state index contributed by atoms with van der Waals surface area (Å²) in [7, 11) is 1.47. The molecule has 484 valence electrons. The molecule has 0 aliphatic carbocycles. The highest BCUT2D eigenvalue weighted by molar-refractivity contribution is 7.47. The number of esters is 1. The molecule has 0 heterocycles. The Morgan fingerprint density at radius 1 is 0.422 bits per heavy atom. The molecule has 0 saturated heterocycles. The molecule has 0 spiro atoms. The number of carbonyl (C=O) groups excluding carboxylic acids is 2. The second-order valence-electron chi connectivity index (χ2n) is 25.0. The van der Waals surface area contributed by atoms with Crippen molar-refractivity contribution in [3.05, 3.63) is 72.9 Å². The summed E-state index contributed by atoms with van der Waals surface area (Å²) in [5, 5.41) is 3.06. The average Bonchev–Trinajstić information content (AvgIpc) is 3.47. The topological polar surface area (TPSA) is 111 Å². The highest BCUT2D eigenvalue weighted by Crippen LogP contribution is 2.43. The molecule has 9 nitrogen and oxygen atoms in total. The summed E-state index contributed by atoms with van der Waals surface area (Å²) in [5.74, 6) is -0.560. The number of carbonyl (C=O) groups is 2. The number of nitrogens with zero attached hydrogens (tertiary/aromatic N) is 1. The van der Waals surface area contributed by atoms with E-state index >= 15 is 0 Å². The number of quaternary nitrogens is 1. The van der Waals surface area contributed by atoms with Gasteiger partial charge in [0.05, 0.1) is 33.8 Å². The third-order valence-corrected chi connectivity index (χ3v) is 16.6. The predicted molar refractivity (Wildman–Crippen MR) is 360 cm³/mol. The van der Waals surface area contributed by atoms with Crippen molar-refractivity contribution in [1.82, 2.24) is 5.32 Å². The fourth-order valence-electron chi connectivity index (χ4n) is 10.2. The van der Waals surface area contributed by atoms with Crippen LogP contribution in [0, 0.1) is 0 Å². The highest BCUT2D eigenvalue weighted by atomic mass is 31.2. The number of allylic oxidation sites excluding steroid dienone is 11. The van der Waals surface area contributed by atoms with E-state index in [0.29, 0.717) is 23.9 Å². The van der Waals surface area contributed by atoms with Crippen molar-refractivity contribution >= 4 is 19.7 Å². The van der Waals surface area contributed by atoms with Gasteiger partial charge in [-0.25, -0.2) is 4.57 Å². The summed E-state index contributed by atoms with van der Waals surface area (Å²) in [4.78, 5) is 37.8. The second-order valence-corrected chi connectivity index (χ2v) is 26.5. The summed E-state index contributed by atoms with van der Waals surface area (Å²) < 4.78 is 30.8. The summed E-state index contributed by atoms with van der Waals surface area (Å²) in [6.07, 6.45) is 82.1. The standard InChI is InChI=1S/C73H135N2O7P/c1-7-10-13-16-19-22-25-28-30-32-33-34-35-36-37-38-39-40-41-43-44-47-50-53-56-59-62-65-72(76)74-70(69-81-83(78,79)80-68-67-75(4,5)6)71(64-61-58-55-52-49-46-27-24-21-18-15-12-9-3)82-73(77)66-63-60-57-54-51-48-45-42-31-29-26-23-20-17-14-11-8-2/h20,23,28-31,45,48,54,57,61,64,70-71H,7-19,21-22,24-27,32-44,46-47,49-53,55-56,58-60,62-63,65-69H2,1-6H3,(H-,74,76,78,79)/p+1/b23-20-,30-28+,31-29-,48-45-,57-54-,64-61-. The lowest BCUT2D eigenvalue weighted by molar-refractivity contribution is -0.870. The van der Waals surface area contributed by atoms with Crippen molar-refractivity contribution in [3.8, 4) is 0 Å². The van der Waals surface area contributed by atoms with Crippen molar-refractivity contribution in [2.75, 3.05) is 40.9 Å². The maximum Gasteiger partial charge on any atom is 0.472 e. The molecule has 0 aromatic heterocycles. The third kappa shape index (κ3) is 63.8. The van der Waals surface area contributed by atoms with Gasteiger partial charge in [0.1, 0.15) is 19.3 Å². The Bertz CT molecular complexity index is 1650. The summed E-state index contributed by atoms with van der Waals surface area (Å²) >= 11 is 0. The Balaban J connectivity index is 5.10. The van der Waals surface area contributed by atoms with Crippen LogP contribution in [-0.2, 0) is 27.9 Å². The van der Waals surface area contributed by atoms with Gasteiger partial charge < -0.3 is 19.4 Å². The Morgan fingerprint density at radius 2 is 0.747 bits per heavy atom. The molecule has 1 amide bonds. The molecule has 2 N–H and O–H groups in total. The zero-order valence-electron chi connectivity index (χ0n) is 55.4. The van der Waals surface area contributed by atoms with Gasteiger partial charge in [0.15, 0.2) is 0 Å². The molecule has 0 fully saturated rings. The Morgan fingerprint density at radius 3 is 1.16 bits per heavy atom. The van der Waals surface area contributed by atoms with Crippen molar-refractivity contribution in [1.29, 1.82) is 0 Å². The predicted octanol–water partition coefficient (Wildman–Crippen LogP) is 22.3. The van der Waals surface area contributed by atoms with E-state index in [0.717, 1.165) is 64.2 Å². The van der Waals surface area contributed by atoms with E-state index in [9.17, 15) is 19.0 Å². The molecule has 83 heavy (non-hydrogen) atoms. The van der Waals surface area contributed by atoms with Gasteiger partial charge in [-0.3, -0.25) is 18.6 Å². The molecule has 0 bridgehead atoms. The van der Waals surface area contributed by atoms with E-state index in [-0.39, 0.29) is 31.5 Å². The van der Waals surface area contributed by atoms with Crippen LogP contribution in [0.25, 0.3) is 0 Å².